The first-order valence-electron chi connectivity index (χ1n) is 7.36. The Morgan fingerprint density at radius 1 is 1.29 bits per heavy atom. The Morgan fingerprint density at radius 3 is 2.81 bits per heavy atom. The fraction of sp³-hybridized carbons (Fsp3) is 0.533. The third-order valence-corrected chi connectivity index (χ3v) is 5.10. The van der Waals surface area contributed by atoms with Crippen LogP contribution in [0.4, 0.5) is 5.82 Å². The number of pyridine rings is 1. The third-order valence-electron chi connectivity index (χ3n) is 4.09. The largest absolute Gasteiger partial charge is 0.320 e. The van der Waals surface area contributed by atoms with Crippen molar-refractivity contribution in [3.8, 4) is 0 Å². The Balaban J connectivity index is 1.65. The van der Waals surface area contributed by atoms with Gasteiger partial charge in [0.2, 0.25) is 11.8 Å². The predicted molar refractivity (Wildman–Crippen MR) is 82.8 cm³/mol. The lowest BCUT2D eigenvalue weighted by Gasteiger charge is -2.25. The smallest absolute Gasteiger partial charge is 0.249 e. The molecule has 0 spiro atoms. The van der Waals surface area contributed by atoms with Crippen LogP contribution in [0, 0.1) is 5.92 Å². The Morgan fingerprint density at radius 2 is 2.10 bits per heavy atom. The number of thioether (sulfide) groups is 1. The summed E-state index contributed by atoms with van der Waals surface area (Å²) in [6, 6.07) is 5.01. The van der Waals surface area contributed by atoms with E-state index in [1.165, 1.54) is 0 Å². The van der Waals surface area contributed by atoms with Crippen LogP contribution in [-0.4, -0.2) is 39.4 Å². The summed E-state index contributed by atoms with van der Waals surface area (Å²) in [7, 11) is 0. The summed E-state index contributed by atoms with van der Waals surface area (Å²) in [6.07, 6.45) is 5.83. The number of rotatable bonds is 3. The Hall–Kier alpha value is -1.56. The highest BCUT2D eigenvalue weighted by atomic mass is 32.2. The van der Waals surface area contributed by atoms with Gasteiger partial charge in [-0.25, -0.2) is 4.98 Å². The molecule has 0 aromatic carbocycles. The second-order valence-electron chi connectivity index (χ2n) is 5.51. The van der Waals surface area contributed by atoms with Crippen LogP contribution in [0.1, 0.15) is 25.7 Å². The van der Waals surface area contributed by atoms with Crippen molar-refractivity contribution in [3.63, 3.8) is 0 Å². The quantitative estimate of drug-likeness (QED) is 0.929. The van der Waals surface area contributed by atoms with Crippen LogP contribution in [0.3, 0.4) is 0 Å². The molecule has 1 atom stereocenters. The number of hydrogen-bond donors (Lipinski definition) is 1. The maximum atomic E-state index is 12.5. The average molecular weight is 305 g/mol. The van der Waals surface area contributed by atoms with Crippen molar-refractivity contribution >= 4 is 29.4 Å². The minimum Gasteiger partial charge on any atom is -0.320 e. The van der Waals surface area contributed by atoms with E-state index in [0.29, 0.717) is 17.4 Å². The first-order valence-corrected chi connectivity index (χ1v) is 8.51. The number of hydrogen-bond acceptors (Lipinski definition) is 4. The van der Waals surface area contributed by atoms with Gasteiger partial charge in [0, 0.05) is 17.9 Å². The van der Waals surface area contributed by atoms with Gasteiger partial charge in [-0.15, -0.1) is 11.8 Å². The highest BCUT2D eigenvalue weighted by Gasteiger charge is 2.38. The van der Waals surface area contributed by atoms with Gasteiger partial charge in [-0.1, -0.05) is 18.9 Å². The minimum atomic E-state index is -0.370. The Labute approximate surface area is 128 Å². The average Bonchev–Trinajstić information content (AvgIpc) is 3.19. The zero-order chi connectivity index (χ0) is 14.7. The molecular weight excluding hydrogens is 286 g/mol. The van der Waals surface area contributed by atoms with Crippen molar-refractivity contribution in [3.05, 3.63) is 24.4 Å². The van der Waals surface area contributed by atoms with Gasteiger partial charge in [0.25, 0.3) is 0 Å². The Kier molecular flexibility index (Phi) is 4.43. The zero-order valence-electron chi connectivity index (χ0n) is 11.8. The summed E-state index contributed by atoms with van der Waals surface area (Å²) >= 11 is 1.64. The van der Waals surface area contributed by atoms with Gasteiger partial charge in [0.05, 0.1) is 5.88 Å². The molecule has 0 bridgehead atoms. The van der Waals surface area contributed by atoms with E-state index in [-0.39, 0.29) is 23.8 Å². The lowest BCUT2D eigenvalue weighted by molar-refractivity contribution is -0.139. The SMILES string of the molecule is O=C(Nc1ccccn1)[C@@H]1CSCN1C(=O)C1CCCC1. The molecule has 1 aliphatic carbocycles. The van der Waals surface area contributed by atoms with Gasteiger partial charge in [0.1, 0.15) is 11.9 Å². The summed E-state index contributed by atoms with van der Waals surface area (Å²) < 4.78 is 0. The molecule has 0 radical (unpaired) electrons. The van der Waals surface area contributed by atoms with E-state index in [9.17, 15) is 9.59 Å². The number of nitrogens with one attached hydrogen (secondary N) is 1. The molecule has 1 N–H and O–H groups in total. The van der Waals surface area contributed by atoms with Crippen LogP contribution in [0.2, 0.25) is 0 Å². The van der Waals surface area contributed by atoms with Crippen LogP contribution in [0.5, 0.6) is 0 Å². The van der Waals surface area contributed by atoms with Gasteiger partial charge < -0.3 is 10.2 Å². The lowest BCUT2D eigenvalue weighted by Crippen LogP contribution is -2.46. The van der Waals surface area contributed by atoms with E-state index >= 15 is 0 Å². The minimum absolute atomic E-state index is 0.119. The van der Waals surface area contributed by atoms with Crippen molar-refractivity contribution in [1.29, 1.82) is 0 Å². The Bertz CT molecular complexity index is 517. The zero-order valence-corrected chi connectivity index (χ0v) is 12.6. The second-order valence-corrected chi connectivity index (χ2v) is 6.51. The maximum absolute atomic E-state index is 12.5. The third kappa shape index (κ3) is 3.20. The van der Waals surface area contributed by atoms with E-state index in [1.807, 2.05) is 6.07 Å². The van der Waals surface area contributed by atoms with Crippen LogP contribution in [0.15, 0.2) is 24.4 Å². The molecular formula is C15H19N3O2S. The van der Waals surface area contributed by atoms with Crippen molar-refractivity contribution in [1.82, 2.24) is 9.88 Å². The molecule has 0 unspecified atom stereocenters. The topological polar surface area (TPSA) is 62.3 Å². The molecule has 1 aliphatic heterocycles. The molecule has 2 heterocycles. The van der Waals surface area contributed by atoms with E-state index in [1.54, 1.807) is 35.0 Å². The van der Waals surface area contributed by atoms with E-state index < -0.39 is 0 Å². The number of carbonyl (C=O) groups is 2. The van der Waals surface area contributed by atoms with Gasteiger partial charge in [-0.3, -0.25) is 9.59 Å². The first kappa shape index (κ1) is 14.4. The molecule has 112 valence electrons. The van der Waals surface area contributed by atoms with Crippen LogP contribution in [-0.2, 0) is 9.59 Å². The molecule has 3 rings (SSSR count). The number of amides is 2. The van der Waals surface area contributed by atoms with Crippen molar-refractivity contribution < 1.29 is 9.59 Å². The summed E-state index contributed by atoms with van der Waals surface area (Å²) in [5, 5.41) is 2.80. The van der Waals surface area contributed by atoms with Crippen LogP contribution >= 0.6 is 11.8 Å². The number of aromatic nitrogens is 1. The molecule has 1 saturated carbocycles. The fourth-order valence-electron chi connectivity index (χ4n) is 2.93. The van der Waals surface area contributed by atoms with Crippen LogP contribution < -0.4 is 5.32 Å². The fourth-order valence-corrected chi connectivity index (χ4v) is 4.09. The number of anilines is 1. The molecule has 2 aliphatic rings. The van der Waals surface area contributed by atoms with Gasteiger partial charge in [-0.2, -0.15) is 0 Å². The number of carbonyl (C=O) groups excluding carboxylic acids is 2. The summed E-state index contributed by atoms with van der Waals surface area (Å²) in [6.45, 7) is 0. The molecule has 2 amide bonds. The van der Waals surface area contributed by atoms with Crippen LogP contribution in [0.25, 0.3) is 0 Å². The summed E-state index contributed by atoms with van der Waals surface area (Å²) in [5.74, 6) is 1.96. The molecule has 2 fully saturated rings. The predicted octanol–water partition coefficient (Wildman–Crippen LogP) is 2.11. The highest BCUT2D eigenvalue weighted by molar-refractivity contribution is 7.99. The normalized spacial score (nSPS) is 22.5. The number of nitrogens with zero attached hydrogens (tertiary/aromatic N) is 2. The first-order chi connectivity index (χ1) is 10.3. The standard InChI is InChI=1S/C15H19N3O2S/c19-14(17-13-7-3-4-8-16-13)12-9-21-10-18(12)15(20)11-5-1-2-6-11/h3-4,7-8,11-12H,1-2,5-6,9-10H2,(H,16,17,19)/t12-/m0/s1. The van der Waals surface area contributed by atoms with Crippen molar-refractivity contribution in [2.45, 2.75) is 31.7 Å². The molecule has 1 aromatic rings. The summed E-state index contributed by atoms with van der Waals surface area (Å²) in [4.78, 5) is 30.8. The summed E-state index contributed by atoms with van der Waals surface area (Å²) in [5.41, 5.74) is 0. The monoisotopic (exact) mass is 305 g/mol. The van der Waals surface area contributed by atoms with Gasteiger partial charge in [0.15, 0.2) is 0 Å². The van der Waals surface area contributed by atoms with Crippen molar-refractivity contribution in [2.24, 2.45) is 5.92 Å². The molecule has 6 heteroatoms. The lowest BCUT2D eigenvalue weighted by atomic mass is 10.1. The van der Waals surface area contributed by atoms with Gasteiger partial charge in [-0.05, 0) is 25.0 Å². The van der Waals surface area contributed by atoms with E-state index in [2.05, 4.69) is 10.3 Å². The van der Waals surface area contributed by atoms with E-state index in [4.69, 9.17) is 0 Å². The van der Waals surface area contributed by atoms with Crippen molar-refractivity contribution in [2.75, 3.05) is 16.9 Å². The molecule has 1 aromatic heterocycles. The molecule has 5 nitrogen and oxygen atoms in total. The van der Waals surface area contributed by atoms with E-state index in [0.717, 1.165) is 25.7 Å². The maximum Gasteiger partial charge on any atom is 0.249 e. The highest BCUT2D eigenvalue weighted by Crippen LogP contribution is 2.31. The molecule has 21 heavy (non-hydrogen) atoms. The van der Waals surface area contributed by atoms with Gasteiger partial charge >= 0.3 is 0 Å². The molecule has 1 saturated heterocycles. The second kappa shape index (κ2) is 6.47.